The van der Waals surface area contributed by atoms with Gasteiger partial charge in [0.15, 0.2) is 0 Å². The Morgan fingerprint density at radius 2 is 1.83 bits per heavy atom. The Balaban J connectivity index is 1.87. The van der Waals surface area contributed by atoms with Crippen LogP contribution in [0.4, 0.5) is 5.69 Å². The molecule has 0 saturated carbocycles. The maximum absolute atomic E-state index is 13.7. The third-order valence-electron chi connectivity index (χ3n) is 5.52. The van der Waals surface area contributed by atoms with Crippen LogP contribution in [0.2, 0.25) is 0 Å². The van der Waals surface area contributed by atoms with E-state index >= 15 is 0 Å². The molecule has 0 atom stereocenters. The van der Waals surface area contributed by atoms with Crippen LogP contribution in [0.5, 0.6) is 5.75 Å². The molecule has 0 bridgehead atoms. The molecule has 0 aliphatic carbocycles. The molecule has 1 saturated heterocycles. The number of anilines is 1. The van der Waals surface area contributed by atoms with Crippen LogP contribution in [0, 0.1) is 0 Å². The summed E-state index contributed by atoms with van der Waals surface area (Å²) in [5.74, 6) is 0.684. The predicted octanol–water partition coefficient (Wildman–Crippen LogP) is 4.24. The molecule has 160 valence electrons. The number of methoxy groups -OCH3 is 1. The molecule has 1 aromatic heterocycles. The largest absolute Gasteiger partial charge is 0.495 e. The Kier molecular flexibility index (Phi) is 5.83. The second-order valence-electron chi connectivity index (χ2n) is 7.73. The summed E-state index contributed by atoms with van der Waals surface area (Å²) in [4.78, 5) is 2.77. The third-order valence-corrected chi connectivity index (χ3v) is 7.79. The number of hydrogen-bond acceptors (Lipinski definition) is 5. The molecule has 2 aromatic carbocycles. The number of aromatic nitrogens is 1. The fourth-order valence-corrected chi connectivity index (χ4v) is 5.79. The Morgan fingerprint density at radius 1 is 1.10 bits per heavy atom. The van der Waals surface area contributed by atoms with E-state index in [9.17, 15) is 8.42 Å². The maximum Gasteiger partial charge on any atom is 0.208 e. The number of benzene rings is 2. The zero-order valence-electron chi connectivity index (χ0n) is 17.4. The van der Waals surface area contributed by atoms with E-state index in [2.05, 4.69) is 26.1 Å². The molecule has 30 heavy (non-hydrogen) atoms. The number of fused-ring (bicyclic) bond motifs is 1. The predicted molar refractivity (Wildman–Crippen MR) is 124 cm³/mol. The summed E-state index contributed by atoms with van der Waals surface area (Å²) < 4.78 is 35.8. The standard InChI is InChI=1S/C22H26BrN3O3S/c1-15(2)26-14-22(18-12-16(23)4-6-19(18)26)30(27,28)17-5-7-21(29-3)20(13-17)25-10-8-24-9-11-25/h4-7,12-15,24H,8-11H2,1-3H3. The molecule has 1 aliphatic heterocycles. The number of sulfone groups is 1. The number of nitrogens with one attached hydrogen (secondary N) is 1. The van der Waals surface area contributed by atoms with Gasteiger partial charge in [0.05, 0.1) is 22.6 Å². The summed E-state index contributed by atoms with van der Waals surface area (Å²) in [6.45, 7) is 7.42. The number of hydrogen-bond donors (Lipinski definition) is 1. The van der Waals surface area contributed by atoms with Gasteiger partial charge in [-0.25, -0.2) is 8.42 Å². The molecule has 3 aromatic rings. The van der Waals surface area contributed by atoms with Gasteiger partial charge in [-0.3, -0.25) is 0 Å². The summed E-state index contributed by atoms with van der Waals surface area (Å²) in [5, 5.41) is 4.04. The highest BCUT2D eigenvalue weighted by molar-refractivity contribution is 9.10. The van der Waals surface area contributed by atoms with Crippen LogP contribution in [-0.2, 0) is 9.84 Å². The van der Waals surface area contributed by atoms with Gasteiger partial charge < -0.3 is 19.5 Å². The van der Waals surface area contributed by atoms with Crippen molar-refractivity contribution < 1.29 is 13.2 Å². The lowest BCUT2D eigenvalue weighted by atomic mass is 10.2. The molecule has 1 fully saturated rings. The van der Waals surface area contributed by atoms with Crippen LogP contribution in [0.25, 0.3) is 10.9 Å². The lowest BCUT2D eigenvalue weighted by molar-refractivity contribution is 0.412. The second kappa shape index (κ2) is 8.24. The quantitative estimate of drug-likeness (QED) is 0.578. The fourth-order valence-electron chi connectivity index (χ4n) is 3.95. The first kappa shape index (κ1) is 21.2. The fraction of sp³-hybridized carbons (Fsp3) is 0.364. The van der Waals surface area contributed by atoms with Crippen LogP contribution >= 0.6 is 15.9 Å². The molecule has 8 heteroatoms. The minimum absolute atomic E-state index is 0.143. The first-order valence-corrected chi connectivity index (χ1v) is 12.3. The molecule has 4 rings (SSSR count). The SMILES string of the molecule is COc1ccc(S(=O)(=O)c2cn(C(C)C)c3ccc(Br)cc23)cc1N1CCNCC1. The van der Waals surface area contributed by atoms with Gasteiger partial charge in [0.1, 0.15) is 5.75 Å². The summed E-state index contributed by atoms with van der Waals surface area (Å²) >= 11 is 3.49. The monoisotopic (exact) mass is 491 g/mol. The van der Waals surface area contributed by atoms with Crippen molar-refractivity contribution in [1.29, 1.82) is 0 Å². The molecule has 0 unspecified atom stereocenters. The van der Waals surface area contributed by atoms with E-state index < -0.39 is 9.84 Å². The Morgan fingerprint density at radius 3 is 2.50 bits per heavy atom. The Bertz CT molecular complexity index is 1180. The zero-order chi connectivity index (χ0) is 21.5. The van der Waals surface area contributed by atoms with E-state index in [1.165, 1.54) is 0 Å². The highest BCUT2D eigenvalue weighted by atomic mass is 79.9. The van der Waals surface area contributed by atoms with Crippen molar-refractivity contribution in [2.45, 2.75) is 29.7 Å². The molecule has 0 spiro atoms. The Labute approximate surface area is 185 Å². The number of rotatable bonds is 5. The minimum Gasteiger partial charge on any atom is -0.495 e. The molecule has 1 aliphatic rings. The Hall–Kier alpha value is -2.03. The van der Waals surface area contributed by atoms with E-state index in [4.69, 9.17) is 4.74 Å². The lowest BCUT2D eigenvalue weighted by Crippen LogP contribution is -2.43. The summed E-state index contributed by atoms with van der Waals surface area (Å²) in [5.41, 5.74) is 1.72. The molecule has 6 nitrogen and oxygen atoms in total. The summed E-state index contributed by atoms with van der Waals surface area (Å²) in [7, 11) is -2.11. The smallest absolute Gasteiger partial charge is 0.208 e. The molecular weight excluding hydrogens is 466 g/mol. The van der Waals surface area contributed by atoms with Gasteiger partial charge in [-0.1, -0.05) is 15.9 Å². The van der Waals surface area contributed by atoms with E-state index in [1.54, 1.807) is 31.5 Å². The van der Waals surface area contributed by atoms with E-state index in [1.807, 2.05) is 36.6 Å². The van der Waals surface area contributed by atoms with Crippen LogP contribution in [0.15, 0.2) is 56.9 Å². The van der Waals surface area contributed by atoms with Gasteiger partial charge in [0.25, 0.3) is 0 Å². The van der Waals surface area contributed by atoms with E-state index in [0.717, 1.165) is 47.2 Å². The van der Waals surface area contributed by atoms with Crippen molar-refractivity contribution in [2.75, 3.05) is 38.2 Å². The van der Waals surface area contributed by atoms with Crippen LogP contribution in [-0.4, -0.2) is 46.3 Å². The number of ether oxygens (including phenoxy) is 1. The van der Waals surface area contributed by atoms with Gasteiger partial charge in [0, 0.05) is 53.8 Å². The normalized spacial score (nSPS) is 15.2. The van der Waals surface area contributed by atoms with Crippen molar-refractivity contribution in [3.05, 3.63) is 47.1 Å². The third kappa shape index (κ3) is 3.72. The summed E-state index contributed by atoms with van der Waals surface area (Å²) in [6, 6.07) is 11.0. The van der Waals surface area contributed by atoms with Gasteiger partial charge in [-0.05, 0) is 50.2 Å². The number of nitrogens with zero attached hydrogens (tertiary/aromatic N) is 2. The van der Waals surface area contributed by atoms with Crippen LogP contribution in [0.3, 0.4) is 0 Å². The van der Waals surface area contributed by atoms with Crippen molar-refractivity contribution >= 4 is 42.4 Å². The molecule has 1 N–H and O–H groups in total. The van der Waals surface area contributed by atoms with E-state index in [-0.39, 0.29) is 10.9 Å². The van der Waals surface area contributed by atoms with Crippen LogP contribution < -0.4 is 15.0 Å². The van der Waals surface area contributed by atoms with Gasteiger partial charge >= 0.3 is 0 Å². The topological polar surface area (TPSA) is 63.6 Å². The molecule has 2 heterocycles. The van der Waals surface area contributed by atoms with Gasteiger partial charge in [0.2, 0.25) is 9.84 Å². The van der Waals surface area contributed by atoms with E-state index in [0.29, 0.717) is 10.6 Å². The first-order valence-electron chi connectivity index (χ1n) is 10.0. The van der Waals surface area contributed by atoms with Crippen molar-refractivity contribution in [2.24, 2.45) is 0 Å². The lowest BCUT2D eigenvalue weighted by Gasteiger charge is -2.30. The van der Waals surface area contributed by atoms with Crippen molar-refractivity contribution in [1.82, 2.24) is 9.88 Å². The first-order chi connectivity index (χ1) is 14.3. The number of piperazine rings is 1. The summed E-state index contributed by atoms with van der Waals surface area (Å²) in [6.07, 6.45) is 1.76. The van der Waals surface area contributed by atoms with Gasteiger partial charge in [-0.15, -0.1) is 0 Å². The number of halogens is 1. The molecule has 0 amide bonds. The highest BCUT2D eigenvalue weighted by Gasteiger charge is 2.26. The second-order valence-corrected chi connectivity index (χ2v) is 10.6. The molecule has 0 radical (unpaired) electrons. The molecular formula is C22H26BrN3O3S. The average Bonchev–Trinajstić information content (AvgIpc) is 3.13. The zero-order valence-corrected chi connectivity index (χ0v) is 19.8. The average molecular weight is 492 g/mol. The van der Waals surface area contributed by atoms with Gasteiger partial charge in [-0.2, -0.15) is 0 Å². The minimum atomic E-state index is -3.72. The van der Waals surface area contributed by atoms with Crippen LogP contribution in [0.1, 0.15) is 19.9 Å². The van der Waals surface area contributed by atoms with Crippen molar-refractivity contribution in [3.8, 4) is 5.75 Å². The van der Waals surface area contributed by atoms with Crippen molar-refractivity contribution in [3.63, 3.8) is 0 Å². The highest BCUT2D eigenvalue weighted by Crippen LogP contribution is 2.37. The maximum atomic E-state index is 13.7.